The van der Waals surface area contributed by atoms with Crippen molar-refractivity contribution in [3.8, 4) is 0 Å². The maximum absolute atomic E-state index is 12.6. The molecule has 0 radical (unpaired) electrons. The van der Waals surface area contributed by atoms with Gasteiger partial charge in [0, 0.05) is 0 Å². The molecule has 2 aromatic rings. The zero-order chi connectivity index (χ0) is 20.6. The standard InChI is InChI=1S/C23H20O7/c24-17-11-12-18(28-21(25)16-9-5-2-6-10-16)30-23(17)14-27-22(19-20(23)29-19)26-13-15-7-3-1-4-8-15/h1-12,18-20,22H,13-14H2/t18-,19+,20-,22+,23-/m1/s1. The summed E-state index contributed by atoms with van der Waals surface area (Å²) in [6, 6.07) is 18.3. The summed E-state index contributed by atoms with van der Waals surface area (Å²) in [5, 5.41) is 0. The monoisotopic (exact) mass is 408 g/mol. The summed E-state index contributed by atoms with van der Waals surface area (Å²) >= 11 is 0. The molecular weight excluding hydrogens is 388 g/mol. The number of carbonyl (C=O) groups is 2. The molecule has 30 heavy (non-hydrogen) atoms. The summed E-state index contributed by atoms with van der Waals surface area (Å²) < 4.78 is 28.6. The predicted molar refractivity (Wildman–Crippen MR) is 103 cm³/mol. The molecule has 2 saturated heterocycles. The summed E-state index contributed by atoms with van der Waals surface area (Å²) in [6.45, 7) is 0.327. The number of epoxide rings is 1. The second kappa shape index (κ2) is 7.77. The van der Waals surface area contributed by atoms with E-state index in [2.05, 4.69) is 0 Å². The molecule has 3 heterocycles. The number of hydrogen-bond donors (Lipinski definition) is 0. The number of fused-ring (bicyclic) bond motifs is 2. The molecule has 2 fully saturated rings. The first-order valence-corrected chi connectivity index (χ1v) is 9.75. The van der Waals surface area contributed by atoms with Crippen LogP contribution in [0.4, 0.5) is 0 Å². The quantitative estimate of drug-likeness (QED) is 0.555. The second-order valence-corrected chi connectivity index (χ2v) is 7.37. The van der Waals surface area contributed by atoms with Gasteiger partial charge in [-0.3, -0.25) is 4.79 Å². The number of carbonyl (C=O) groups excluding carboxylic acids is 2. The number of benzene rings is 2. The van der Waals surface area contributed by atoms with Crippen LogP contribution < -0.4 is 0 Å². The van der Waals surface area contributed by atoms with Gasteiger partial charge in [-0.2, -0.15) is 0 Å². The minimum atomic E-state index is -1.34. The molecule has 0 bridgehead atoms. The van der Waals surface area contributed by atoms with Crippen LogP contribution in [0.3, 0.4) is 0 Å². The Morgan fingerprint density at radius 2 is 1.80 bits per heavy atom. The molecule has 0 N–H and O–H groups in total. The molecule has 0 saturated carbocycles. The molecule has 1 spiro atoms. The first-order chi connectivity index (χ1) is 14.7. The highest BCUT2D eigenvalue weighted by Crippen LogP contribution is 2.45. The van der Waals surface area contributed by atoms with Crippen molar-refractivity contribution in [2.45, 2.75) is 37.0 Å². The summed E-state index contributed by atoms with van der Waals surface area (Å²) in [6.07, 6.45) is 0.258. The van der Waals surface area contributed by atoms with Crippen molar-refractivity contribution >= 4 is 11.8 Å². The lowest BCUT2D eigenvalue weighted by atomic mass is 9.89. The van der Waals surface area contributed by atoms with Gasteiger partial charge >= 0.3 is 5.97 Å². The molecule has 3 aliphatic heterocycles. The van der Waals surface area contributed by atoms with Crippen molar-refractivity contribution in [3.05, 3.63) is 83.9 Å². The predicted octanol–water partition coefficient (Wildman–Crippen LogP) is 2.40. The minimum absolute atomic E-state index is 0.0455. The molecule has 0 aliphatic carbocycles. The molecule has 0 unspecified atom stereocenters. The van der Waals surface area contributed by atoms with Crippen LogP contribution in [0.15, 0.2) is 72.8 Å². The SMILES string of the molecule is O=C(O[C@H]1C=CC(=O)[C@@]2(CO[C@H](OCc3ccccc3)[C@H]3O[C@H]32)O1)c1ccccc1. The van der Waals surface area contributed by atoms with E-state index in [1.165, 1.54) is 12.2 Å². The topological polar surface area (TPSA) is 83.6 Å². The minimum Gasteiger partial charge on any atom is -0.428 e. The van der Waals surface area contributed by atoms with Gasteiger partial charge in [-0.1, -0.05) is 48.5 Å². The van der Waals surface area contributed by atoms with E-state index in [1.54, 1.807) is 24.3 Å². The molecule has 5 atom stereocenters. The average molecular weight is 408 g/mol. The van der Waals surface area contributed by atoms with E-state index in [9.17, 15) is 9.59 Å². The number of esters is 1. The van der Waals surface area contributed by atoms with Crippen LogP contribution in [-0.4, -0.2) is 48.7 Å². The van der Waals surface area contributed by atoms with Crippen LogP contribution in [0.25, 0.3) is 0 Å². The van der Waals surface area contributed by atoms with Gasteiger partial charge in [0.2, 0.25) is 6.29 Å². The van der Waals surface area contributed by atoms with Crippen molar-refractivity contribution in [1.29, 1.82) is 0 Å². The van der Waals surface area contributed by atoms with Crippen LogP contribution in [0.1, 0.15) is 15.9 Å². The fraction of sp³-hybridized carbons (Fsp3) is 0.304. The van der Waals surface area contributed by atoms with E-state index >= 15 is 0 Å². The lowest BCUT2D eigenvalue weighted by molar-refractivity contribution is -0.239. The highest BCUT2D eigenvalue weighted by atomic mass is 16.8. The van der Waals surface area contributed by atoms with Gasteiger partial charge < -0.3 is 23.7 Å². The fourth-order valence-corrected chi connectivity index (χ4v) is 3.72. The highest BCUT2D eigenvalue weighted by Gasteiger charge is 2.67. The smallest absolute Gasteiger partial charge is 0.340 e. The summed E-state index contributed by atoms with van der Waals surface area (Å²) in [5.74, 6) is -0.813. The number of rotatable bonds is 5. The molecule has 3 aliphatic rings. The first kappa shape index (κ1) is 19.1. The molecule has 2 aromatic carbocycles. The van der Waals surface area contributed by atoms with E-state index in [0.717, 1.165) is 5.56 Å². The maximum atomic E-state index is 12.6. The van der Waals surface area contributed by atoms with Crippen LogP contribution in [0.2, 0.25) is 0 Å². The number of hydrogen-bond acceptors (Lipinski definition) is 7. The Morgan fingerprint density at radius 1 is 1.07 bits per heavy atom. The molecule has 0 aromatic heterocycles. The third-order valence-corrected chi connectivity index (χ3v) is 5.35. The third kappa shape index (κ3) is 3.57. The Balaban J connectivity index is 1.23. The molecular formula is C23H20O7. The van der Waals surface area contributed by atoms with E-state index < -0.39 is 36.4 Å². The molecule has 7 nitrogen and oxygen atoms in total. The van der Waals surface area contributed by atoms with Crippen molar-refractivity contribution in [2.24, 2.45) is 0 Å². The molecule has 0 amide bonds. The van der Waals surface area contributed by atoms with Crippen molar-refractivity contribution in [1.82, 2.24) is 0 Å². The van der Waals surface area contributed by atoms with E-state index in [0.29, 0.717) is 12.2 Å². The zero-order valence-corrected chi connectivity index (χ0v) is 16.0. The Bertz CT molecular complexity index is 958. The Hall–Kier alpha value is -2.84. The van der Waals surface area contributed by atoms with Gasteiger partial charge in [0.05, 0.1) is 18.8 Å². The highest BCUT2D eigenvalue weighted by molar-refractivity contribution is 5.99. The van der Waals surface area contributed by atoms with Gasteiger partial charge in [0.15, 0.2) is 17.7 Å². The molecule has 154 valence electrons. The lowest BCUT2D eigenvalue weighted by Crippen LogP contribution is -2.59. The zero-order valence-electron chi connectivity index (χ0n) is 16.0. The largest absolute Gasteiger partial charge is 0.428 e. The third-order valence-electron chi connectivity index (χ3n) is 5.35. The number of ether oxygens (including phenoxy) is 5. The van der Waals surface area contributed by atoms with Crippen molar-refractivity contribution in [2.75, 3.05) is 6.61 Å². The Labute approximate surface area is 173 Å². The molecule has 7 heteroatoms. The van der Waals surface area contributed by atoms with Gasteiger partial charge in [-0.15, -0.1) is 0 Å². The summed E-state index contributed by atoms with van der Waals surface area (Å²) in [4.78, 5) is 25.0. The Kier molecular flexibility index (Phi) is 4.96. The van der Waals surface area contributed by atoms with Crippen molar-refractivity contribution < 1.29 is 33.3 Å². The van der Waals surface area contributed by atoms with Crippen molar-refractivity contribution in [3.63, 3.8) is 0 Å². The maximum Gasteiger partial charge on any atom is 0.340 e. The van der Waals surface area contributed by atoms with Crippen LogP contribution in [0, 0.1) is 0 Å². The van der Waals surface area contributed by atoms with Gasteiger partial charge in [-0.25, -0.2) is 4.79 Å². The second-order valence-electron chi connectivity index (χ2n) is 7.37. The van der Waals surface area contributed by atoms with Crippen LogP contribution in [0.5, 0.6) is 0 Å². The lowest BCUT2D eigenvalue weighted by Gasteiger charge is -2.38. The summed E-state index contributed by atoms with van der Waals surface area (Å²) in [7, 11) is 0. The fourth-order valence-electron chi connectivity index (χ4n) is 3.72. The number of ketones is 1. The van der Waals surface area contributed by atoms with Crippen LogP contribution >= 0.6 is 0 Å². The Morgan fingerprint density at radius 3 is 2.57 bits per heavy atom. The summed E-state index contributed by atoms with van der Waals surface area (Å²) in [5.41, 5.74) is 0.0721. The van der Waals surface area contributed by atoms with Gasteiger partial charge in [0.25, 0.3) is 0 Å². The van der Waals surface area contributed by atoms with E-state index in [4.69, 9.17) is 23.7 Å². The van der Waals surface area contributed by atoms with Gasteiger partial charge in [-0.05, 0) is 29.8 Å². The first-order valence-electron chi connectivity index (χ1n) is 9.75. The average Bonchev–Trinajstić information content (AvgIpc) is 3.59. The van der Waals surface area contributed by atoms with E-state index in [-0.39, 0.29) is 12.4 Å². The van der Waals surface area contributed by atoms with E-state index in [1.807, 2.05) is 36.4 Å². The van der Waals surface area contributed by atoms with Crippen LogP contribution in [-0.2, 0) is 35.1 Å². The molecule has 5 rings (SSSR count). The normalized spacial score (nSPS) is 31.9. The van der Waals surface area contributed by atoms with Gasteiger partial charge in [0.1, 0.15) is 12.2 Å².